The normalized spacial score (nSPS) is 12.8. The van der Waals surface area contributed by atoms with Gasteiger partial charge >= 0.3 is 5.97 Å². The number of esters is 1. The van der Waals surface area contributed by atoms with Crippen LogP contribution in [-0.4, -0.2) is 34.9 Å². The molecule has 0 fully saturated rings. The highest BCUT2D eigenvalue weighted by molar-refractivity contribution is 7.99. The molecule has 0 spiro atoms. The number of carbonyl (C=O) groups is 2. The fraction of sp³-hybridized carbons (Fsp3) is 0.294. The van der Waals surface area contributed by atoms with Crippen molar-refractivity contribution in [3.63, 3.8) is 0 Å². The first kappa shape index (κ1) is 18.2. The number of ether oxygens (including phenoxy) is 1. The van der Waals surface area contributed by atoms with Crippen LogP contribution in [0.4, 0.5) is 5.00 Å². The number of methoxy groups -OCH3 is 1. The van der Waals surface area contributed by atoms with Gasteiger partial charge in [-0.1, -0.05) is 17.8 Å². The SMILES string of the molecule is COC(=O)c1c(NC(=O)CSc2nnc(-c3cccs3)o2)sc2c1CCC2. The molecule has 140 valence electrons. The number of nitrogens with zero attached hydrogens (tertiary/aromatic N) is 2. The third kappa shape index (κ3) is 3.78. The minimum absolute atomic E-state index is 0.106. The highest BCUT2D eigenvalue weighted by atomic mass is 32.2. The quantitative estimate of drug-likeness (QED) is 0.477. The maximum Gasteiger partial charge on any atom is 0.341 e. The largest absolute Gasteiger partial charge is 0.465 e. The Kier molecular flexibility index (Phi) is 5.28. The van der Waals surface area contributed by atoms with Crippen LogP contribution in [-0.2, 0) is 22.4 Å². The predicted molar refractivity (Wildman–Crippen MR) is 105 cm³/mol. The van der Waals surface area contributed by atoms with E-state index in [-0.39, 0.29) is 11.7 Å². The monoisotopic (exact) mass is 421 g/mol. The number of aryl methyl sites for hydroxylation is 1. The third-order valence-corrected chi connectivity index (χ3v) is 6.91. The molecule has 1 amide bonds. The molecule has 0 radical (unpaired) electrons. The second-order valence-electron chi connectivity index (χ2n) is 5.74. The van der Waals surface area contributed by atoms with E-state index in [4.69, 9.17) is 9.15 Å². The molecule has 0 aliphatic heterocycles. The summed E-state index contributed by atoms with van der Waals surface area (Å²) in [5.74, 6) is -0.0960. The van der Waals surface area contributed by atoms with Crippen molar-refractivity contribution in [2.75, 3.05) is 18.2 Å². The fourth-order valence-corrected chi connectivity index (χ4v) is 5.37. The maximum atomic E-state index is 12.3. The van der Waals surface area contributed by atoms with Gasteiger partial charge < -0.3 is 14.5 Å². The zero-order chi connectivity index (χ0) is 18.8. The smallest absolute Gasteiger partial charge is 0.341 e. The molecule has 3 aromatic heterocycles. The Labute approximate surface area is 167 Å². The molecule has 1 aliphatic rings. The van der Waals surface area contributed by atoms with E-state index in [0.29, 0.717) is 21.7 Å². The fourth-order valence-electron chi connectivity index (χ4n) is 2.87. The van der Waals surface area contributed by atoms with E-state index in [1.54, 1.807) is 0 Å². The van der Waals surface area contributed by atoms with Crippen LogP contribution < -0.4 is 5.32 Å². The number of anilines is 1. The summed E-state index contributed by atoms with van der Waals surface area (Å²) < 4.78 is 10.4. The van der Waals surface area contributed by atoms with Crippen LogP contribution in [0.5, 0.6) is 0 Å². The molecule has 0 saturated heterocycles. The van der Waals surface area contributed by atoms with Crippen LogP contribution in [0.2, 0.25) is 0 Å². The van der Waals surface area contributed by atoms with Crippen molar-refractivity contribution in [1.29, 1.82) is 0 Å². The number of carbonyl (C=O) groups excluding carboxylic acids is 2. The van der Waals surface area contributed by atoms with Gasteiger partial charge in [-0.2, -0.15) is 0 Å². The predicted octanol–water partition coefficient (Wildman–Crippen LogP) is 3.87. The molecule has 27 heavy (non-hydrogen) atoms. The average molecular weight is 422 g/mol. The minimum atomic E-state index is -0.408. The molecule has 0 atom stereocenters. The Balaban J connectivity index is 1.41. The summed E-state index contributed by atoms with van der Waals surface area (Å²) in [7, 11) is 1.35. The zero-order valence-corrected chi connectivity index (χ0v) is 16.8. The molecule has 1 N–H and O–H groups in total. The Bertz CT molecular complexity index is 978. The number of fused-ring (bicyclic) bond motifs is 1. The number of hydrogen-bond donors (Lipinski definition) is 1. The van der Waals surface area contributed by atoms with E-state index < -0.39 is 5.97 Å². The van der Waals surface area contributed by atoms with Crippen molar-refractivity contribution in [3.05, 3.63) is 33.5 Å². The summed E-state index contributed by atoms with van der Waals surface area (Å²) in [6, 6.07) is 3.80. The molecule has 1 aliphatic carbocycles. The molecule has 0 saturated carbocycles. The summed E-state index contributed by atoms with van der Waals surface area (Å²) in [5, 5.41) is 13.6. The van der Waals surface area contributed by atoms with Gasteiger partial charge in [-0.25, -0.2) is 4.79 Å². The van der Waals surface area contributed by atoms with Crippen LogP contribution in [0, 0.1) is 0 Å². The van der Waals surface area contributed by atoms with E-state index in [2.05, 4.69) is 15.5 Å². The number of thiophene rings is 2. The Hall–Kier alpha value is -2.17. The van der Waals surface area contributed by atoms with E-state index in [1.807, 2.05) is 17.5 Å². The highest BCUT2D eigenvalue weighted by Gasteiger charge is 2.28. The van der Waals surface area contributed by atoms with Crippen LogP contribution >= 0.6 is 34.4 Å². The molecule has 7 nitrogen and oxygen atoms in total. The minimum Gasteiger partial charge on any atom is -0.465 e. The lowest BCUT2D eigenvalue weighted by Crippen LogP contribution is -2.16. The Morgan fingerprint density at radius 2 is 2.26 bits per heavy atom. The van der Waals surface area contributed by atoms with Crippen LogP contribution in [0.15, 0.2) is 27.2 Å². The lowest BCUT2D eigenvalue weighted by Gasteiger charge is -2.06. The van der Waals surface area contributed by atoms with Crippen LogP contribution in [0.1, 0.15) is 27.2 Å². The summed E-state index contributed by atoms with van der Waals surface area (Å²) in [4.78, 5) is 26.5. The lowest BCUT2D eigenvalue weighted by atomic mass is 10.1. The molecule has 4 rings (SSSR count). The van der Waals surface area contributed by atoms with Gasteiger partial charge in [-0.3, -0.25) is 4.79 Å². The van der Waals surface area contributed by atoms with Gasteiger partial charge in [0.2, 0.25) is 5.91 Å². The van der Waals surface area contributed by atoms with Gasteiger partial charge in [0.05, 0.1) is 23.3 Å². The number of thioether (sulfide) groups is 1. The van der Waals surface area contributed by atoms with Crippen molar-refractivity contribution in [2.24, 2.45) is 0 Å². The third-order valence-electron chi connectivity index (χ3n) is 4.03. The first-order chi connectivity index (χ1) is 13.2. The lowest BCUT2D eigenvalue weighted by molar-refractivity contribution is -0.113. The molecular formula is C17H15N3O4S3. The summed E-state index contributed by atoms with van der Waals surface area (Å²) >= 11 is 4.12. The highest BCUT2D eigenvalue weighted by Crippen LogP contribution is 2.39. The molecule has 10 heteroatoms. The topological polar surface area (TPSA) is 94.3 Å². The van der Waals surface area contributed by atoms with Gasteiger partial charge in [0.25, 0.3) is 11.1 Å². The molecule has 3 heterocycles. The first-order valence-electron chi connectivity index (χ1n) is 8.18. The van der Waals surface area contributed by atoms with E-state index in [0.717, 1.165) is 46.3 Å². The number of aromatic nitrogens is 2. The number of rotatable bonds is 6. The zero-order valence-electron chi connectivity index (χ0n) is 14.3. The summed E-state index contributed by atoms with van der Waals surface area (Å²) in [5.41, 5.74) is 1.50. The van der Waals surface area contributed by atoms with Gasteiger partial charge in [-0.15, -0.1) is 32.9 Å². The van der Waals surface area contributed by atoms with Gasteiger partial charge in [-0.05, 0) is 36.3 Å². The van der Waals surface area contributed by atoms with Crippen molar-refractivity contribution in [3.8, 4) is 10.8 Å². The summed E-state index contributed by atoms with van der Waals surface area (Å²) in [6.45, 7) is 0. The average Bonchev–Trinajstić information content (AvgIpc) is 3.42. The second kappa shape index (κ2) is 7.83. The van der Waals surface area contributed by atoms with E-state index in [9.17, 15) is 9.59 Å². The first-order valence-corrected chi connectivity index (χ1v) is 10.9. The second-order valence-corrected chi connectivity index (χ2v) is 8.72. The Morgan fingerprint density at radius 1 is 1.37 bits per heavy atom. The van der Waals surface area contributed by atoms with Crippen molar-refractivity contribution < 1.29 is 18.7 Å². The van der Waals surface area contributed by atoms with Gasteiger partial charge in [0.15, 0.2) is 0 Å². The molecular weight excluding hydrogens is 406 g/mol. The van der Waals surface area contributed by atoms with Crippen molar-refractivity contribution in [2.45, 2.75) is 24.5 Å². The number of nitrogens with one attached hydrogen (secondary N) is 1. The molecule has 3 aromatic rings. The Morgan fingerprint density at radius 3 is 3.04 bits per heavy atom. The van der Waals surface area contributed by atoms with E-state index in [1.165, 1.54) is 29.8 Å². The maximum absolute atomic E-state index is 12.3. The molecule has 0 bridgehead atoms. The van der Waals surface area contributed by atoms with Crippen molar-refractivity contribution >= 4 is 51.3 Å². The van der Waals surface area contributed by atoms with Crippen LogP contribution in [0.25, 0.3) is 10.8 Å². The van der Waals surface area contributed by atoms with Gasteiger partial charge in [0, 0.05) is 4.88 Å². The standard InChI is InChI=1S/C17H15N3O4S3/c1-23-16(22)13-9-4-2-5-10(9)27-15(13)18-12(21)8-26-17-20-19-14(24-17)11-6-3-7-25-11/h3,6-7H,2,4-5,8H2,1H3,(H,18,21). The summed E-state index contributed by atoms with van der Waals surface area (Å²) in [6.07, 6.45) is 2.80. The number of amides is 1. The number of hydrogen-bond acceptors (Lipinski definition) is 9. The van der Waals surface area contributed by atoms with E-state index >= 15 is 0 Å². The van der Waals surface area contributed by atoms with Crippen molar-refractivity contribution in [1.82, 2.24) is 10.2 Å². The van der Waals surface area contributed by atoms with Crippen LogP contribution in [0.3, 0.4) is 0 Å². The molecule has 0 aromatic carbocycles. The molecule has 0 unspecified atom stereocenters. The van der Waals surface area contributed by atoms with Gasteiger partial charge in [0.1, 0.15) is 5.00 Å².